The molecule has 0 aliphatic heterocycles. The molecule has 94 valence electrons. The summed E-state index contributed by atoms with van der Waals surface area (Å²) in [6, 6.07) is 9.14. The van der Waals surface area contributed by atoms with E-state index in [2.05, 4.69) is 0 Å². The van der Waals surface area contributed by atoms with Gasteiger partial charge in [-0.3, -0.25) is 4.79 Å². The fourth-order valence-electron chi connectivity index (χ4n) is 1.36. The SMILES string of the molecule is CC(C)[C@H](C)OC(=O)[C@@H](N)Cc1ccccc1. The summed E-state index contributed by atoms with van der Waals surface area (Å²) in [5, 5.41) is 0. The largest absolute Gasteiger partial charge is 0.461 e. The van der Waals surface area contributed by atoms with Crippen LogP contribution in [0.2, 0.25) is 0 Å². The van der Waals surface area contributed by atoms with Crippen molar-refractivity contribution in [2.75, 3.05) is 0 Å². The van der Waals surface area contributed by atoms with E-state index in [0.29, 0.717) is 12.3 Å². The molecule has 0 radical (unpaired) electrons. The van der Waals surface area contributed by atoms with Crippen molar-refractivity contribution in [2.24, 2.45) is 11.7 Å². The van der Waals surface area contributed by atoms with Gasteiger partial charge in [-0.15, -0.1) is 0 Å². The first-order valence-corrected chi connectivity index (χ1v) is 6.00. The number of ether oxygens (including phenoxy) is 1. The Hall–Kier alpha value is -1.35. The summed E-state index contributed by atoms with van der Waals surface area (Å²) in [4.78, 5) is 11.7. The molecular weight excluding hydrogens is 214 g/mol. The van der Waals surface area contributed by atoms with E-state index < -0.39 is 6.04 Å². The maximum absolute atomic E-state index is 11.7. The highest BCUT2D eigenvalue weighted by Crippen LogP contribution is 2.08. The zero-order valence-corrected chi connectivity index (χ0v) is 10.7. The average Bonchev–Trinajstić information content (AvgIpc) is 2.29. The van der Waals surface area contributed by atoms with E-state index in [-0.39, 0.29) is 12.1 Å². The Labute approximate surface area is 103 Å². The van der Waals surface area contributed by atoms with Gasteiger partial charge in [-0.25, -0.2) is 0 Å². The van der Waals surface area contributed by atoms with Crippen molar-refractivity contribution in [1.82, 2.24) is 0 Å². The standard InChI is InChI=1S/C14H21NO2/c1-10(2)11(3)17-14(16)13(15)9-12-7-5-4-6-8-12/h4-8,10-11,13H,9,15H2,1-3H3/t11-,13-/m0/s1. The van der Waals surface area contributed by atoms with Crippen molar-refractivity contribution in [3.05, 3.63) is 35.9 Å². The Kier molecular flexibility index (Phi) is 5.16. The van der Waals surface area contributed by atoms with Crippen LogP contribution in [-0.4, -0.2) is 18.1 Å². The second-order valence-corrected chi connectivity index (χ2v) is 4.68. The van der Waals surface area contributed by atoms with Crippen LogP contribution in [0.4, 0.5) is 0 Å². The molecule has 1 rings (SSSR count). The fourth-order valence-corrected chi connectivity index (χ4v) is 1.36. The maximum atomic E-state index is 11.7. The highest BCUT2D eigenvalue weighted by molar-refractivity contribution is 5.76. The number of benzene rings is 1. The second kappa shape index (κ2) is 6.40. The van der Waals surface area contributed by atoms with E-state index in [4.69, 9.17) is 10.5 Å². The Bertz CT molecular complexity index is 348. The summed E-state index contributed by atoms with van der Waals surface area (Å²) in [6.07, 6.45) is 0.425. The van der Waals surface area contributed by atoms with Crippen LogP contribution >= 0.6 is 0 Å². The van der Waals surface area contributed by atoms with E-state index >= 15 is 0 Å². The first-order valence-electron chi connectivity index (χ1n) is 6.00. The molecule has 0 aliphatic carbocycles. The molecule has 2 N–H and O–H groups in total. The van der Waals surface area contributed by atoms with Crippen molar-refractivity contribution in [1.29, 1.82) is 0 Å². The zero-order valence-electron chi connectivity index (χ0n) is 10.7. The molecule has 0 saturated carbocycles. The van der Waals surface area contributed by atoms with E-state index in [1.165, 1.54) is 0 Å². The molecule has 0 heterocycles. The smallest absolute Gasteiger partial charge is 0.323 e. The molecule has 0 aliphatic rings. The highest BCUT2D eigenvalue weighted by Gasteiger charge is 2.19. The molecular formula is C14H21NO2. The Balaban J connectivity index is 2.48. The van der Waals surface area contributed by atoms with Crippen LogP contribution in [0.25, 0.3) is 0 Å². The first-order chi connectivity index (χ1) is 8.00. The highest BCUT2D eigenvalue weighted by atomic mass is 16.5. The van der Waals surface area contributed by atoms with Gasteiger partial charge in [-0.05, 0) is 24.8 Å². The van der Waals surface area contributed by atoms with Gasteiger partial charge in [0.15, 0.2) is 0 Å². The summed E-state index contributed by atoms with van der Waals surface area (Å²) in [5.41, 5.74) is 6.87. The molecule has 0 aromatic heterocycles. The lowest BCUT2D eigenvalue weighted by Crippen LogP contribution is -2.37. The molecule has 0 amide bonds. The van der Waals surface area contributed by atoms with E-state index in [1.807, 2.05) is 51.1 Å². The van der Waals surface area contributed by atoms with Crippen molar-refractivity contribution in [3.8, 4) is 0 Å². The number of rotatable bonds is 5. The Morgan fingerprint density at radius 3 is 2.35 bits per heavy atom. The average molecular weight is 235 g/mol. The summed E-state index contributed by atoms with van der Waals surface area (Å²) < 4.78 is 5.28. The third-order valence-electron chi connectivity index (χ3n) is 2.84. The summed E-state index contributed by atoms with van der Waals surface area (Å²) in [7, 11) is 0. The second-order valence-electron chi connectivity index (χ2n) is 4.68. The molecule has 0 spiro atoms. The maximum Gasteiger partial charge on any atom is 0.323 e. The summed E-state index contributed by atoms with van der Waals surface area (Å²) >= 11 is 0. The van der Waals surface area contributed by atoms with E-state index in [0.717, 1.165) is 5.56 Å². The number of hydrogen-bond donors (Lipinski definition) is 1. The van der Waals surface area contributed by atoms with Crippen molar-refractivity contribution in [3.63, 3.8) is 0 Å². The van der Waals surface area contributed by atoms with Crippen LogP contribution in [0.3, 0.4) is 0 Å². The summed E-state index contributed by atoms with van der Waals surface area (Å²) in [6.45, 7) is 5.92. The van der Waals surface area contributed by atoms with Gasteiger partial charge in [0.1, 0.15) is 12.1 Å². The van der Waals surface area contributed by atoms with E-state index in [9.17, 15) is 4.79 Å². The molecule has 1 aromatic rings. The Morgan fingerprint density at radius 1 is 1.24 bits per heavy atom. The summed E-state index contributed by atoms with van der Waals surface area (Å²) in [5.74, 6) is -0.0158. The monoisotopic (exact) mass is 235 g/mol. The topological polar surface area (TPSA) is 52.3 Å². The molecule has 2 atom stereocenters. The molecule has 0 saturated heterocycles. The van der Waals surface area contributed by atoms with Crippen LogP contribution in [0.1, 0.15) is 26.3 Å². The third kappa shape index (κ3) is 4.57. The van der Waals surface area contributed by atoms with Crippen LogP contribution in [0.5, 0.6) is 0 Å². The van der Waals surface area contributed by atoms with E-state index in [1.54, 1.807) is 0 Å². The first kappa shape index (κ1) is 13.7. The minimum absolute atomic E-state index is 0.0932. The normalized spacial score (nSPS) is 14.4. The molecule has 3 heteroatoms. The quantitative estimate of drug-likeness (QED) is 0.795. The predicted octanol–water partition coefficient (Wildman–Crippen LogP) is 2.14. The van der Waals surface area contributed by atoms with Crippen LogP contribution in [-0.2, 0) is 16.0 Å². The van der Waals surface area contributed by atoms with Crippen LogP contribution in [0.15, 0.2) is 30.3 Å². The zero-order chi connectivity index (χ0) is 12.8. The number of carbonyl (C=O) groups is 1. The predicted molar refractivity (Wildman–Crippen MR) is 68.5 cm³/mol. The van der Waals surface area contributed by atoms with Gasteiger partial charge >= 0.3 is 5.97 Å². The number of esters is 1. The molecule has 0 unspecified atom stereocenters. The van der Waals surface area contributed by atoms with Crippen molar-refractivity contribution >= 4 is 5.97 Å². The minimum Gasteiger partial charge on any atom is -0.461 e. The number of carbonyl (C=O) groups excluding carboxylic acids is 1. The fraction of sp³-hybridized carbons (Fsp3) is 0.500. The lowest BCUT2D eigenvalue weighted by atomic mass is 10.1. The molecule has 0 fully saturated rings. The Morgan fingerprint density at radius 2 is 1.82 bits per heavy atom. The van der Waals surface area contributed by atoms with Crippen molar-refractivity contribution < 1.29 is 9.53 Å². The lowest BCUT2D eigenvalue weighted by Gasteiger charge is -2.19. The molecule has 17 heavy (non-hydrogen) atoms. The lowest BCUT2D eigenvalue weighted by molar-refractivity contribution is -0.151. The molecule has 3 nitrogen and oxygen atoms in total. The number of hydrogen-bond acceptors (Lipinski definition) is 3. The molecule has 1 aromatic carbocycles. The van der Waals surface area contributed by atoms with Gasteiger partial charge in [0.2, 0.25) is 0 Å². The van der Waals surface area contributed by atoms with Gasteiger partial charge in [0.05, 0.1) is 0 Å². The van der Waals surface area contributed by atoms with Gasteiger partial charge < -0.3 is 10.5 Å². The number of nitrogens with two attached hydrogens (primary N) is 1. The minimum atomic E-state index is -0.585. The van der Waals surface area contributed by atoms with Gasteiger partial charge in [0, 0.05) is 0 Å². The van der Waals surface area contributed by atoms with Gasteiger partial charge in [-0.2, -0.15) is 0 Å². The van der Waals surface area contributed by atoms with Crippen molar-refractivity contribution in [2.45, 2.75) is 39.3 Å². The molecule has 0 bridgehead atoms. The van der Waals surface area contributed by atoms with Gasteiger partial charge in [0.25, 0.3) is 0 Å². The third-order valence-corrected chi connectivity index (χ3v) is 2.84. The van der Waals surface area contributed by atoms with Crippen LogP contribution < -0.4 is 5.73 Å². The van der Waals surface area contributed by atoms with Crippen LogP contribution in [0, 0.1) is 5.92 Å². The van der Waals surface area contributed by atoms with Gasteiger partial charge in [-0.1, -0.05) is 44.2 Å².